The number of carbonyl (C=O) groups is 2. The lowest BCUT2D eigenvalue weighted by Gasteiger charge is -2.33. The number of aryl methyl sites for hydroxylation is 1. The normalized spacial score (nSPS) is 16.3. The van der Waals surface area contributed by atoms with Crippen LogP contribution >= 0.6 is 11.3 Å². The second-order valence-corrected chi connectivity index (χ2v) is 7.91. The van der Waals surface area contributed by atoms with Crippen LogP contribution in [0.15, 0.2) is 48.5 Å². The molecule has 0 saturated heterocycles. The molecule has 1 atom stereocenters. The quantitative estimate of drug-likeness (QED) is 0.730. The van der Waals surface area contributed by atoms with Crippen molar-refractivity contribution < 1.29 is 14.7 Å². The average molecular weight is 380 g/mol. The predicted molar refractivity (Wildman–Crippen MR) is 105 cm³/mol. The summed E-state index contributed by atoms with van der Waals surface area (Å²) in [6.07, 6.45) is 1.89. The van der Waals surface area contributed by atoms with E-state index >= 15 is 0 Å². The minimum atomic E-state index is -0.880. The first kappa shape index (κ1) is 17.7. The topological polar surface area (TPSA) is 70.5 Å². The fourth-order valence-electron chi connectivity index (χ4n) is 3.58. The Kier molecular flexibility index (Phi) is 4.90. The van der Waals surface area contributed by atoms with Crippen LogP contribution in [-0.4, -0.2) is 33.4 Å². The number of aliphatic carboxylic acids is 1. The molecule has 27 heavy (non-hydrogen) atoms. The molecule has 6 heteroatoms. The molecule has 0 saturated carbocycles. The highest BCUT2D eigenvalue weighted by atomic mass is 32.1. The summed E-state index contributed by atoms with van der Waals surface area (Å²) >= 11 is 1.67. The maximum atomic E-state index is 12.7. The highest BCUT2D eigenvalue weighted by Gasteiger charge is 2.32. The smallest absolute Gasteiger partial charge is 0.312 e. The Morgan fingerprint density at radius 1 is 1.15 bits per heavy atom. The van der Waals surface area contributed by atoms with Crippen LogP contribution in [0.2, 0.25) is 0 Å². The Bertz CT molecular complexity index is 965. The van der Waals surface area contributed by atoms with E-state index < -0.39 is 11.9 Å². The van der Waals surface area contributed by atoms with E-state index in [1.807, 2.05) is 42.5 Å². The zero-order chi connectivity index (χ0) is 18.8. The van der Waals surface area contributed by atoms with Gasteiger partial charge in [0.25, 0.3) is 0 Å². The Labute approximate surface area is 161 Å². The van der Waals surface area contributed by atoms with E-state index in [0.717, 1.165) is 32.8 Å². The molecule has 1 aromatic heterocycles. The van der Waals surface area contributed by atoms with E-state index in [-0.39, 0.29) is 12.5 Å². The van der Waals surface area contributed by atoms with Gasteiger partial charge in [0.05, 0.1) is 21.1 Å². The number of carboxylic acids is 1. The SMILES string of the molecule is O=C(O)C1CN(C(=O)CCCc2nc3ccccc3s2)Cc2ccccc21. The van der Waals surface area contributed by atoms with Crippen molar-refractivity contribution in [2.24, 2.45) is 0 Å². The molecule has 0 bridgehead atoms. The number of carboxylic acid groups (broad SMARTS) is 1. The number of thiazole rings is 1. The Morgan fingerprint density at radius 3 is 2.74 bits per heavy atom. The zero-order valence-electron chi connectivity index (χ0n) is 14.8. The summed E-state index contributed by atoms with van der Waals surface area (Å²) in [5.74, 6) is -1.52. The fourth-order valence-corrected chi connectivity index (χ4v) is 4.59. The van der Waals surface area contributed by atoms with Crippen LogP contribution in [0.5, 0.6) is 0 Å². The number of rotatable bonds is 5. The van der Waals surface area contributed by atoms with Gasteiger partial charge >= 0.3 is 5.97 Å². The molecule has 5 nitrogen and oxygen atoms in total. The van der Waals surface area contributed by atoms with Gasteiger partial charge in [-0.1, -0.05) is 36.4 Å². The van der Waals surface area contributed by atoms with Crippen LogP contribution in [0.1, 0.15) is 34.9 Å². The first-order chi connectivity index (χ1) is 13.1. The van der Waals surface area contributed by atoms with Gasteiger partial charge in [-0.3, -0.25) is 9.59 Å². The van der Waals surface area contributed by atoms with Crippen LogP contribution in [0.25, 0.3) is 10.2 Å². The first-order valence-corrected chi connectivity index (χ1v) is 9.86. The van der Waals surface area contributed by atoms with Gasteiger partial charge in [-0.05, 0) is 36.1 Å². The molecular weight excluding hydrogens is 360 g/mol. The van der Waals surface area contributed by atoms with Crippen molar-refractivity contribution in [2.45, 2.75) is 31.7 Å². The van der Waals surface area contributed by atoms with Crippen molar-refractivity contribution in [3.05, 3.63) is 64.7 Å². The molecule has 3 aromatic rings. The third-order valence-electron chi connectivity index (χ3n) is 4.96. The molecular formula is C21H20N2O3S. The molecule has 2 aromatic carbocycles. The summed E-state index contributed by atoms with van der Waals surface area (Å²) in [4.78, 5) is 30.6. The van der Waals surface area contributed by atoms with Crippen molar-refractivity contribution >= 4 is 33.4 Å². The standard InChI is InChI=1S/C21H20N2O3S/c24-20(11-5-10-19-22-17-8-3-4-9-18(17)27-19)23-12-14-6-1-2-7-15(14)16(13-23)21(25)26/h1-4,6-9,16H,5,10-13H2,(H,25,26). The van der Waals surface area contributed by atoms with Gasteiger partial charge in [0, 0.05) is 19.5 Å². The second kappa shape index (κ2) is 7.48. The number of nitrogens with zero attached hydrogens (tertiary/aromatic N) is 2. The fraction of sp³-hybridized carbons (Fsp3) is 0.286. The number of benzene rings is 2. The van der Waals surface area contributed by atoms with Crippen molar-refractivity contribution in [3.8, 4) is 0 Å². The van der Waals surface area contributed by atoms with Gasteiger partial charge in [-0.15, -0.1) is 11.3 Å². The lowest BCUT2D eigenvalue weighted by atomic mass is 9.89. The van der Waals surface area contributed by atoms with Crippen LogP contribution in [-0.2, 0) is 22.6 Å². The predicted octanol–water partition coefficient (Wildman–Crippen LogP) is 3.83. The third kappa shape index (κ3) is 3.71. The zero-order valence-corrected chi connectivity index (χ0v) is 15.6. The molecule has 1 amide bonds. The van der Waals surface area contributed by atoms with Gasteiger partial charge in [-0.25, -0.2) is 4.98 Å². The minimum Gasteiger partial charge on any atom is -0.481 e. The molecule has 1 unspecified atom stereocenters. The molecule has 0 spiro atoms. The summed E-state index contributed by atoms with van der Waals surface area (Å²) < 4.78 is 1.16. The van der Waals surface area contributed by atoms with Gasteiger partial charge in [0.15, 0.2) is 0 Å². The number of fused-ring (bicyclic) bond motifs is 2. The monoisotopic (exact) mass is 380 g/mol. The van der Waals surface area contributed by atoms with E-state index in [1.165, 1.54) is 0 Å². The first-order valence-electron chi connectivity index (χ1n) is 9.04. The second-order valence-electron chi connectivity index (χ2n) is 6.79. The minimum absolute atomic E-state index is 0.0110. The lowest BCUT2D eigenvalue weighted by molar-refractivity contribution is -0.141. The molecule has 2 heterocycles. The highest BCUT2D eigenvalue weighted by Crippen LogP contribution is 2.29. The van der Waals surface area contributed by atoms with E-state index in [1.54, 1.807) is 16.2 Å². The summed E-state index contributed by atoms with van der Waals surface area (Å²) in [6.45, 7) is 0.728. The molecule has 1 aliphatic heterocycles. The van der Waals surface area contributed by atoms with Gasteiger partial charge in [0.2, 0.25) is 5.91 Å². The van der Waals surface area contributed by atoms with Gasteiger partial charge in [0.1, 0.15) is 0 Å². The molecule has 1 aliphatic rings. The number of amides is 1. The van der Waals surface area contributed by atoms with Crippen molar-refractivity contribution in [1.82, 2.24) is 9.88 Å². The van der Waals surface area contributed by atoms with E-state index in [2.05, 4.69) is 11.1 Å². The van der Waals surface area contributed by atoms with Crippen molar-refractivity contribution in [1.29, 1.82) is 0 Å². The van der Waals surface area contributed by atoms with Crippen molar-refractivity contribution in [2.75, 3.05) is 6.54 Å². The average Bonchev–Trinajstić information content (AvgIpc) is 3.09. The molecule has 0 fully saturated rings. The van der Waals surface area contributed by atoms with E-state index in [4.69, 9.17) is 0 Å². The molecule has 1 N–H and O–H groups in total. The van der Waals surface area contributed by atoms with E-state index in [0.29, 0.717) is 19.4 Å². The molecule has 0 aliphatic carbocycles. The van der Waals surface area contributed by atoms with Gasteiger partial charge in [-0.2, -0.15) is 0 Å². The summed E-state index contributed by atoms with van der Waals surface area (Å²) in [5, 5.41) is 10.6. The number of para-hydroxylation sites is 1. The van der Waals surface area contributed by atoms with Crippen molar-refractivity contribution in [3.63, 3.8) is 0 Å². The van der Waals surface area contributed by atoms with Crippen LogP contribution in [0.4, 0.5) is 0 Å². The molecule has 138 valence electrons. The Morgan fingerprint density at radius 2 is 1.93 bits per heavy atom. The number of hydrogen-bond donors (Lipinski definition) is 1. The van der Waals surface area contributed by atoms with E-state index in [9.17, 15) is 14.7 Å². The Hall–Kier alpha value is -2.73. The summed E-state index contributed by atoms with van der Waals surface area (Å²) in [5.41, 5.74) is 2.75. The number of aromatic nitrogens is 1. The number of carbonyl (C=O) groups excluding carboxylic acids is 1. The van der Waals surface area contributed by atoms with Crippen LogP contribution in [0.3, 0.4) is 0 Å². The summed E-state index contributed by atoms with van der Waals surface area (Å²) in [7, 11) is 0. The lowest BCUT2D eigenvalue weighted by Crippen LogP contribution is -2.40. The maximum absolute atomic E-state index is 12.7. The molecule has 4 rings (SSSR count). The largest absolute Gasteiger partial charge is 0.481 e. The highest BCUT2D eigenvalue weighted by molar-refractivity contribution is 7.18. The van der Waals surface area contributed by atoms with Gasteiger partial charge < -0.3 is 10.0 Å². The summed E-state index contributed by atoms with van der Waals surface area (Å²) in [6, 6.07) is 15.5. The maximum Gasteiger partial charge on any atom is 0.312 e. The third-order valence-corrected chi connectivity index (χ3v) is 6.06. The molecule has 0 radical (unpaired) electrons. The Balaban J connectivity index is 1.39. The number of hydrogen-bond acceptors (Lipinski definition) is 4. The van der Waals surface area contributed by atoms with Crippen LogP contribution in [0, 0.1) is 0 Å². The van der Waals surface area contributed by atoms with Crippen LogP contribution < -0.4 is 0 Å².